The lowest BCUT2D eigenvalue weighted by molar-refractivity contribution is 1.30. The van der Waals surface area contributed by atoms with Crippen molar-refractivity contribution in [2.75, 3.05) is 4.90 Å². The van der Waals surface area contributed by atoms with Crippen molar-refractivity contribution in [2.45, 2.75) is 0 Å². The lowest BCUT2D eigenvalue weighted by atomic mass is 10.0. The van der Waals surface area contributed by atoms with Crippen LogP contribution in [0.25, 0.3) is 30.9 Å². The van der Waals surface area contributed by atoms with Crippen molar-refractivity contribution in [3.63, 3.8) is 0 Å². The molecule has 0 saturated carbocycles. The summed E-state index contributed by atoms with van der Waals surface area (Å²) in [6, 6.07) is 41.1. The van der Waals surface area contributed by atoms with Gasteiger partial charge in [0.15, 0.2) is 0 Å². The van der Waals surface area contributed by atoms with E-state index in [0.717, 1.165) is 11.4 Å². The molecule has 0 bridgehead atoms. The lowest BCUT2D eigenvalue weighted by Gasteiger charge is -2.26. The number of para-hydroxylation sites is 2. The van der Waals surface area contributed by atoms with E-state index in [2.05, 4.69) is 120 Å². The molecule has 6 aromatic rings. The quantitative estimate of drug-likeness (QED) is 0.287. The van der Waals surface area contributed by atoms with Gasteiger partial charge in [-0.2, -0.15) is 0 Å². The normalized spacial score (nSPS) is 11.3. The third kappa shape index (κ3) is 2.69. The van der Waals surface area contributed by atoms with Crippen LogP contribution in [0, 0.1) is 0 Å². The monoisotopic (exact) mass is 401 g/mol. The highest BCUT2D eigenvalue weighted by molar-refractivity contribution is 7.26. The van der Waals surface area contributed by atoms with Crippen LogP contribution in [0.3, 0.4) is 0 Å². The summed E-state index contributed by atoms with van der Waals surface area (Å²) in [5.74, 6) is 0. The van der Waals surface area contributed by atoms with E-state index in [-0.39, 0.29) is 0 Å². The Balaban J connectivity index is 1.77. The zero-order valence-electron chi connectivity index (χ0n) is 16.3. The summed E-state index contributed by atoms with van der Waals surface area (Å²) in [5, 5.41) is 5.26. The maximum atomic E-state index is 2.38. The Kier molecular flexibility index (Phi) is 4.03. The molecular weight excluding hydrogens is 382 g/mol. The minimum atomic E-state index is 1.16. The highest BCUT2D eigenvalue weighted by Gasteiger charge is 2.19. The number of nitrogens with zero attached hydrogens (tertiary/aromatic N) is 1. The van der Waals surface area contributed by atoms with Crippen molar-refractivity contribution >= 4 is 59.3 Å². The van der Waals surface area contributed by atoms with Crippen LogP contribution >= 0.6 is 11.3 Å². The maximum Gasteiger partial charge on any atom is 0.0646 e. The van der Waals surface area contributed by atoms with Crippen LogP contribution in [0.15, 0.2) is 115 Å². The summed E-state index contributed by atoms with van der Waals surface area (Å²) in [7, 11) is 0. The number of hydrogen-bond acceptors (Lipinski definition) is 2. The predicted molar refractivity (Wildman–Crippen MR) is 132 cm³/mol. The molecule has 2 heteroatoms. The standard InChI is InChI=1S/C28H19NS/c1-3-12-21(13-4-1)29(22-14-5-2-6-15-22)25-19-20-11-7-8-16-23(20)27-24-17-9-10-18-26(24)30-28(25)27/h1-19H. The van der Waals surface area contributed by atoms with E-state index in [4.69, 9.17) is 0 Å². The first-order chi connectivity index (χ1) is 14.9. The van der Waals surface area contributed by atoms with Crippen molar-refractivity contribution in [3.8, 4) is 0 Å². The minimum Gasteiger partial charge on any atom is -0.309 e. The molecule has 0 aliphatic heterocycles. The molecule has 5 aromatic carbocycles. The van der Waals surface area contributed by atoms with Gasteiger partial charge >= 0.3 is 0 Å². The van der Waals surface area contributed by atoms with Crippen LogP contribution in [0.5, 0.6) is 0 Å². The molecule has 0 unspecified atom stereocenters. The molecule has 0 saturated heterocycles. The van der Waals surface area contributed by atoms with Crippen LogP contribution in [0.4, 0.5) is 17.1 Å². The molecule has 0 amide bonds. The average molecular weight is 402 g/mol. The van der Waals surface area contributed by atoms with E-state index < -0.39 is 0 Å². The maximum absolute atomic E-state index is 2.38. The zero-order chi connectivity index (χ0) is 19.9. The smallest absolute Gasteiger partial charge is 0.0646 e. The van der Waals surface area contributed by atoms with Gasteiger partial charge in [-0.3, -0.25) is 0 Å². The Morgan fingerprint density at radius 2 is 1.10 bits per heavy atom. The van der Waals surface area contributed by atoms with E-state index in [9.17, 15) is 0 Å². The van der Waals surface area contributed by atoms with Gasteiger partial charge < -0.3 is 4.90 Å². The summed E-state index contributed by atoms with van der Waals surface area (Å²) >= 11 is 1.88. The van der Waals surface area contributed by atoms with Gasteiger partial charge in [0.2, 0.25) is 0 Å². The Morgan fingerprint density at radius 3 is 1.80 bits per heavy atom. The van der Waals surface area contributed by atoms with Crippen molar-refractivity contribution < 1.29 is 0 Å². The number of anilines is 3. The van der Waals surface area contributed by atoms with Gasteiger partial charge in [0, 0.05) is 26.8 Å². The first kappa shape index (κ1) is 17.3. The number of benzene rings is 5. The molecular formula is C28H19NS. The van der Waals surface area contributed by atoms with Crippen molar-refractivity contribution in [3.05, 3.63) is 115 Å². The van der Waals surface area contributed by atoms with E-state index in [1.807, 2.05) is 11.3 Å². The number of thiophene rings is 1. The molecule has 0 spiro atoms. The molecule has 1 aromatic heterocycles. The Labute approximate surface area is 179 Å². The molecule has 0 aliphatic rings. The summed E-state index contributed by atoms with van der Waals surface area (Å²) < 4.78 is 2.65. The number of rotatable bonds is 3. The second-order valence-electron chi connectivity index (χ2n) is 7.43. The zero-order valence-corrected chi connectivity index (χ0v) is 17.1. The molecule has 30 heavy (non-hydrogen) atoms. The largest absolute Gasteiger partial charge is 0.309 e. The lowest BCUT2D eigenvalue weighted by Crippen LogP contribution is -2.09. The van der Waals surface area contributed by atoms with E-state index >= 15 is 0 Å². The van der Waals surface area contributed by atoms with Crippen molar-refractivity contribution in [1.29, 1.82) is 0 Å². The van der Waals surface area contributed by atoms with Crippen molar-refractivity contribution in [2.24, 2.45) is 0 Å². The molecule has 0 atom stereocenters. The number of hydrogen-bond donors (Lipinski definition) is 0. The molecule has 1 heterocycles. The SMILES string of the molecule is c1ccc(N(c2ccccc2)c2cc3ccccc3c3c2sc2ccccc23)cc1. The molecule has 6 rings (SSSR count). The fourth-order valence-electron chi connectivity index (χ4n) is 4.30. The summed E-state index contributed by atoms with van der Waals surface area (Å²) in [5.41, 5.74) is 3.55. The van der Waals surface area contributed by atoms with Crippen LogP contribution in [0.2, 0.25) is 0 Å². The van der Waals surface area contributed by atoms with Crippen molar-refractivity contribution in [1.82, 2.24) is 0 Å². The van der Waals surface area contributed by atoms with E-state index in [0.29, 0.717) is 0 Å². The first-order valence-corrected chi connectivity index (χ1v) is 10.9. The highest BCUT2D eigenvalue weighted by Crippen LogP contribution is 2.47. The van der Waals surface area contributed by atoms with Gasteiger partial charge in [0.05, 0.1) is 10.4 Å². The highest BCUT2D eigenvalue weighted by atomic mass is 32.1. The van der Waals surface area contributed by atoms with Gasteiger partial charge in [-0.15, -0.1) is 11.3 Å². The molecule has 0 N–H and O–H groups in total. The summed E-state index contributed by atoms with van der Waals surface area (Å²) in [4.78, 5) is 2.38. The minimum absolute atomic E-state index is 1.16. The Morgan fingerprint density at radius 1 is 0.533 bits per heavy atom. The van der Waals surface area contributed by atoms with Crippen LogP contribution in [-0.4, -0.2) is 0 Å². The van der Waals surface area contributed by atoms with Crippen LogP contribution in [-0.2, 0) is 0 Å². The molecule has 0 radical (unpaired) electrons. The second kappa shape index (κ2) is 7.01. The van der Waals surface area contributed by atoms with Gasteiger partial charge in [0.1, 0.15) is 0 Å². The Bertz CT molecular complexity index is 1440. The fraction of sp³-hybridized carbons (Fsp3) is 0. The summed E-state index contributed by atoms with van der Waals surface area (Å²) in [6.07, 6.45) is 0. The third-order valence-electron chi connectivity index (χ3n) is 5.62. The summed E-state index contributed by atoms with van der Waals surface area (Å²) in [6.45, 7) is 0. The molecule has 1 nitrogen and oxygen atoms in total. The first-order valence-electron chi connectivity index (χ1n) is 10.1. The predicted octanol–water partition coefficient (Wildman–Crippen LogP) is 8.68. The fourth-order valence-corrected chi connectivity index (χ4v) is 5.53. The molecule has 0 fully saturated rings. The topological polar surface area (TPSA) is 3.24 Å². The third-order valence-corrected chi connectivity index (χ3v) is 6.81. The number of fused-ring (bicyclic) bond motifs is 5. The van der Waals surface area contributed by atoms with Gasteiger partial charge in [-0.1, -0.05) is 78.9 Å². The average Bonchev–Trinajstić information content (AvgIpc) is 3.21. The van der Waals surface area contributed by atoms with E-state index in [1.165, 1.54) is 36.6 Å². The van der Waals surface area contributed by atoms with Crippen LogP contribution in [0.1, 0.15) is 0 Å². The van der Waals surface area contributed by atoms with E-state index in [1.54, 1.807) is 0 Å². The second-order valence-corrected chi connectivity index (χ2v) is 8.48. The van der Waals surface area contributed by atoms with Gasteiger partial charge in [-0.25, -0.2) is 0 Å². The molecule has 142 valence electrons. The van der Waals surface area contributed by atoms with Gasteiger partial charge in [-0.05, 0) is 47.2 Å². The Hall–Kier alpha value is -3.62. The van der Waals surface area contributed by atoms with Crippen LogP contribution < -0.4 is 4.90 Å². The van der Waals surface area contributed by atoms with Gasteiger partial charge in [0.25, 0.3) is 0 Å². The molecule has 0 aliphatic carbocycles.